The maximum Gasteiger partial charge on any atom is 0.297 e. The zero-order valence-corrected chi connectivity index (χ0v) is 42.1. The van der Waals surface area contributed by atoms with Gasteiger partial charge in [-0.1, -0.05) is 141 Å². The molecule has 1 aromatic heterocycles. The van der Waals surface area contributed by atoms with Crippen molar-refractivity contribution in [2.75, 3.05) is 9.80 Å². The molecule has 0 N–H and O–H groups in total. The molecule has 1 atom stereocenters. The van der Waals surface area contributed by atoms with Crippen molar-refractivity contribution in [1.29, 1.82) is 0 Å². The molecule has 0 bridgehead atoms. The second kappa shape index (κ2) is 13.9. The molecular weight excluding hydrogens is 775 g/mol. The minimum atomic E-state index is -0.0881. The van der Waals surface area contributed by atoms with Crippen molar-refractivity contribution in [1.82, 2.24) is 0 Å². The summed E-state index contributed by atoms with van der Waals surface area (Å²) >= 11 is 0. The molecule has 10 rings (SSSR count). The van der Waals surface area contributed by atoms with E-state index in [0.29, 0.717) is 5.92 Å². The van der Waals surface area contributed by atoms with Crippen LogP contribution < -0.4 is 26.4 Å². The van der Waals surface area contributed by atoms with Crippen molar-refractivity contribution in [3.63, 3.8) is 0 Å². The standard InChI is InChI=1S/C60H73BN2O/c1-17-36(2)37-30-49-52-50(31-37)63(41-23-24-43-44(33-41)58(11,12)27-26-57(43,9)10)53-42-34-45-46(60(15,16)29-28-59(45,13)14)35-51(42)64-54(53)61(52)47-25-20-39(56(6,7)8)32-48(47)62(49)40-21-18-38(19-22-40)55(3,4)5/h18-25,30-36H,17,26-29H2,1-16H3. The third-order valence-electron chi connectivity index (χ3n) is 16.8. The number of nitrogens with zero attached hydrogens (tertiary/aromatic N) is 2. The molecule has 0 saturated carbocycles. The average Bonchev–Trinajstić information content (AvgIpc) is 3.60. The molecule has 0 spiro atoms. The van der Waals surface area contributed by atoms with Gasteiger partial charge in [-0.25, -0.2) is 0 Å². The van der Waals surface area contributed by atoms with Crippen LogP contribution in [0, 0.1) is 0 Å². The SMILES string of the molecule is CCC(C)c1cc2c3c(c1)N(c1ccc4c(c1)C(C)(C)CCC4(C)C)c1c(oc4cc5c(cc14)C(C)(C)CCC5(C)C)B3c1ccc(C(C)(C)C)cc1N2c1ccc(C(C)(C)C)cc1. The fourth-order valence-corrected chi connectivity index (χ4v) is 11.9. The van der Waals surface area contributed by atoms with Gasteiger partial charge < -0.3 is 14.2 Å². The van der Waals surface area contributed by atoms with Gasteiger partial charge in [-0.3, -0.25) is 0 Å². The third kappa shape index (κ3) is 6.49. The molecule has 0 fully saturated rings. The van der Waals surface area contributed by atoms with E-state index in [1.807, 2.05) is 0 Å². The minimum absolute atomic E-state index is 0.0256. The van der Waals surface area contributed by atoms with Crippen LogP contribution in [0.3, 0.4) is 0 Å². The number of hydrogen-bond donors (Lipinski definition) is 0. The van der Waals surface area contributed by atoms with Gasteiger partial charge >= 0.3 is 0 Å². The van der Waals surface area contributed by atoms with Gasteiger partial charge in [-0.2, -0.15) is 0 Å². The quantitative estimate of drug-likeness (QED) is 0.165. The Hall–Kier alpha value is -4.70. The van der Waals surface area contributed by atoms with E-state index in [4.69, 9.17) is 4.42 Å². The number of furan rings is 1. The Morgan fingerprint density at radius 3 is 1.66 bits per heavy atom. The van der Waals surface area contributed by atoms with E-state index in [2.05, 4.69) is 206 Å². The van der Waals surface area contributed by atoms with Gasteiger partial charge in [0, 0.05) is 33.8 Å². The molecule has 4 heteroatoms. The summed E-state index contributed by atoms with van der Waals surface area (Å²) in [4.78, 5) is 5.26. The van der Waals surface area contributed by atoms with E-state index in [9.17, 15) is 0 Å². The number of hydrogen-bond acceptors (Lipinski definition) is 3. The predicted octanol–water partition coefficient (Wildman–Crippen LogP) is 15.3. The van der Waals surface area contributed by atoms with E-state index in [1.165, 1.54) is 109 Å². The maximum atomic E-state index is 7.59. The molecule has 3 nitrogen and oxygen atoms in total. The van der Waals surface area contributed by atoms with Crippen LogP contribution in [-0.2, 0) is 32.5 Å². The lowest BCUT2D eigenvalue weighted by molar-refractivity contribution is 0.332. The Kier molecular flexibility index (Phi) is 9.39. The molecule has 0 amide bonds. The molecule has 0 saturated heterocycles. The molecule has 2 aliphatic carbocycles. The highest BCUT2D eigenvalue weighted by Gasteiger charge is 2.49. The Labute approximate surface area is 386 Å². The molecule has 6 aromatic rings. The Bertz CT molecular complexity index is 2870. The second-order valence-corrected chi connectivity index (χ2v) is 25.2. The maximum absolute atomic E-state index is 7.59. The fraction of sp³-hybridized carbons (Fsp3) is 0.467. The van der Waals surface area contributed by atoms with Crippen LogP contribution in [-0.4, -0.2) is 6.71 Å². The zero-order valence-electron chi connectivity index (χ0n) is 42.1. The van der Waals surface area contributed by atoms with Crippen molar-refractivity contribution in [2.45, 2.75) is 181 Å². The summed E-state index contributed by atoms with van der Waals surface area (Å²) in [5, 5.41) is 1.23. The third-order valence-corrected chi connectivity index (χ3v) is 16.8. The largest absolute Gasteiger partial charge is 0.468 e. The van der Waals surface area contributed by atoms with Crippen LogP contribution in [0.4, 0.5) is 34.1 Å². The topological polar surface area (TPSA) is 19.6 Å². The number of fused-ring (bicyclic) bond motifs is 8. The highest BCUT2D eigenvalue weighted by Crippen LogP contribution is 2.54. The molecule has 0 radical (unpaired) electrons. The van der Waals surface area contributed by atoms with Gasteiger partial charge in [0.2, 0.25) is 0 Å². The smallest absolute Gasteiger partial charge is 0.297 e. The first-order valence-electron chi connectivity index (χ1n) is 24.6. The minimum Gasteiger partial charge on any atom is -0.468 e. The Morgan fingerprint density at radius 2 is 1.08 bits per heavy atom. The van der Waals surface area contributed by atoms with Crippen molar-refractivity contribution >= 4 is 68.4 Å². The Morgan fingerprint density at radius 1 is 0.562 bits per heavy atom. The predicted molar refractivity (Wildman–Crippen MR) is 277 cm³/mol. The lowest BCUT2D eigenvalue weighted by Gasteiger charge is -2.45. The summed E-state index contributed by atoms with van der Waals surface area (Å²) < 4.78 is 7.59. The van der Waals surface area contributed by atoms with E-state index in [1.54, 1.807) is 0 Å². The van der Waals surface area contributed by atoms with Crippen LogP contribution in [0.25, 0.3) is 11.0 Å². The van der Waals surface area contributed by atoms with Gasteiger partial charge in [0.05, 0.1) is 11.3 Å². The first-order valence-corrected chi connectivity index (χ1v) is 24.6. The number of benzene rings is 5. The van der Waals surface area contributed by atoms with Crippen molar-refractivity contribution in [3.05, 3.63) is 124 Å². The van der Waals surface area contributed by atoms with Gasteiger partial charge in [-0.05, 0) is 175 Å². The van der Waals surface area contributed by atoms with Gasteiger partial charge in [0.25, 0.3) is 6.71 Å². The normalized spacial score (nSPS) is 19.4. The van der Waals surface area contributed by atoms with Gasteiger partial charge in [0.1, 0.15) is 5.58 Å². The van der Waals surface area contributed by atoms with E-state index in [0.717, 1.165) is 24.1 Å². The van der Waals surface area contributed by atoms with Crippen LogP contribution in [0.15, 0.2) is 89.3 Å². The average molecular weight is 849 g/mol. The van der Waals surface area contributed by atoms with Crippen molar-refractivity contribution < 1.29 is 4.42 Å². The summed E-state index contributed by atoms with van der Waals surface area (Å²) in [7, 11) is 0. The lowest BCUT2D eigenvalue weighted by Crippen LogP contribution is -2.61. The highest BCUT2D eigenvalue weighted by molar-refractivity contribution is 7.00. The lowest BCUT2D eigenvalue weighted by atomic mass is 9.35. The fourth-order valence-electron chi connectivity index (χ4n) is 11.9. The first-order chi connectivity index (χ1) is 29.8. The van der Waals surface area contributed by atoms with Gasteiger partial charge in [-0.15, -0.1) is 0 Å². The molecular formula is C60H73BN2O. The molecule has 1 unspecified atom stereocenters. The molecule has 332 valence electrons. The highest BCUT2D eigenvalue weighted by atomic mass is 16.3. The summed E-state index contributed by atoms with van der Waals surface area (Å²) in [6.45, 7) is 38.2. The molecule has 2 aliphatic heterocycles. The second-order valence-electron chi connectivity index (χ2n) is 25.2. The van der Waals surface area contributed by atoms with E-state index >= 15 is 0 Å². The van der Waals surface area contributed by atoms with E-state index in [-0.39, 0.29) is 39.2 Å². The number of rotatable bonds is 4. The number of anilines is 6. The van der Waals surface area contributed by atoms with Crippen molar-refractivity contribution in [2.24, 2.45) is 0 Å². The monoisotopic (exact) mass is 849 g/mol. The zero-order chi connectivity index (χ0) is 45.8. The molecule has 5 aromatic carbocycles. The Balaban J connectivity index is 1.35. The summed E-state index contributed by atoms with van der Waals surface area (Å²) in [6.07, 6.45) is 5.76. The van der Waals surface area contributed by atoms with Gasteiger partial charge in [0.15, 0.2) is 0 Å². The first kappa shape index (κ1) is 43.2. The van der Waals surface area contributed by atoms with Crippen LogP contribution in [0.1, 0.15) is 188 Å². The molecule has 3 heterocycles. The van der Waals surface area contributed by atoms with E-state index < -0.39 is 0 Å². The van der Waals surface area contributed by atoms with Crippen LogP contribution in [0.2, 0.25) is 0 Å². The van der Waals surface area contributed by atoms with Crippen LogP contribution in [0.5, 0.6) is 0 Å². The van der Waals surface area contributed by atoms with Crippen LogP contribution >= 0.6 is 0 Å². The summed E-state index contributed by atoms with van der Waals surface area (Å²) in [5.41, 5.74) is 22.4. The summed E-state index contributed by atoms with van der Waals surface area (Å²) in [5.74, 6) is 0.370. The molecule has 4 aliphatic rings. The molecule has 64 heavy (non-hydrogen) atoms. The summed E-state index contributed by atoms with van der Waals surface area (Å²) in [6, 6.07) is 34.4. The van der Waals surface area contributed by atoms with Crippen molar-refractivity contribution in [3.8, 4) is 0 Å².